The fourth-order valence-corrected chi connectivity index (χ4v) is 5.16. The number of benzene rings is 2. The molecule has 4 nitrogen and oxygen atoms in total. The molecule has 0 unspecified atom stereocenters. The minimum atomic E-state index is -0.0852. The van der Waals surface area contributed by atoms with E-state index in [9.17, 15) is 4.79 Å². The molecule has 5 heteroatoms. The van der Waals surface area contributed by atoms with Crippen LogP contribution in [0.4, 0.5) is 5.69 Å². The second kappa shape index (κ2) is 6.89. The molecular formula is C22H21N3OS. The summed E-state index contributed by atoms with van der Waals surface area (Å²) in [6.45, 7) is 0. The fourth-order valence-electron chi connectivity index (χ4n) is 4.15. The summed E-state index contributed by atoms with van der Waals surface area (Å²) < 4.78 is 0. The molecule has 136 valence electrons. The molecule has 0 radical (unpaired) electrons. The molecule has 0 bridgehead atoms. The van der Waals surface area contributed by atoms with E-state index in [0.29, 0.717) is 17.6 Å². The lowest BCUT2D eigenvalue weighted by Gasteiger charge is -2.32. The average Bonchev–Trinajstić information content (AvgIpc) is 3.29. The quantitative estimate of drug-likeness (QED) is 0.824. The van der Waals surface area contributed by atoms with Gasteiger partial charge in [-0.2, -0.15) is 0 Å². The maximum Gasteiger partial charge on any atom is 0.255 e. The number of amidine groups is 1. The van der Waals surface area contributed by atoms with Crippen LogP contribution in [0.5, 0.6) is 0 Å². The number of nitrogens with one attached hydrogen (secondary N) is 1. The van der Waals surface area contributed by atoms with Crippen molar-refractivity contribution >= 4 is 34.2 Å². The Morgan fingerprint density at radius 1 is 1.04 bits per heavy atom. The third kappa shape index (κ3) is 3.06. The van der Waals surface area contributed by atoms with Crippen LogP contribution in [0.2, 0.25) is 0 Å². The second-order valence-electron chi connectivity index (χ2n) is 7.22. The third-order valence-corrected chi connectivity index (χ3v) is 6.37. The Kier molecular flexibility index (Phi) is 4.24. The van der Waals surface area contributed by atoms with Gasteiger partial charge in [-0.05, 0) is 42.7 Å². The standard InChI is InChI=1S/C22H21N3OS/c26-21(16-6-2-1-3-7-16)23-17-12-10-15(11-13-17)20-14-27-22-24-18-8-4-5-9-19(18)25(20)22/h1-3,6-7,10-14,18-19H,4-5,8-9H2,(H,23,26)/t18-,19+/m1/s1. The Morgan fingerprint density at radius 3 is 2.63 bits per heavy atom. The highest BCUT2D eigenvalue weighted by Gasteiger charge is 2.42. The zero-order valence-electron chi connectivity index (χ0n) is 15.0. The molecule has 3 aliphatic rings. The van der Waals surface area contributed by atoms with E-state index in [1.54, 1.807) is 11.8 Å². The summed E-state index contributed by atoms with van der Waals surface area (Å²) in [5.74, 6) is -0.0852. The lowest BCUT2D eigenvalue weighted by molar-refractivity contribution is 0.102. The van der Waals surface area contributed by atoms with Crippen LogP contribution in [-0.2, 0) is 0 Å². The molecule has 1 N–H and O–H groups in total. The van der Waals surface area contributed by atoms with Gasteiger partial charge in [0.1, 0.15) is 0 Å². The first-order valence-electron chi connectivity index (χ1n) is 9.50. The van der Waals surface area contributed by atoms with Crippen molar-refractivity contribution < 1.29 is 4.79 Å². The largest absolute Gasteiger partial charge is 0.322 e. The van der Waals surface area contributed by atoms with Gasteiger partial charge in [0.05, 0.1) is 17.8 Å². The van der Waals surface area contributed by atoms with Crippen LogP contribution in [0, 0.1) is 0 Å². The summed E-state index contributed by atoms with van der Waals surface area (Å²) in [6.07, 6.45) is 5.03. The molecule has 27 heavy (non-hydrogen) atoms. The van der Waals surface area contributed by atoms with Crippen molar-refractivity contribution in [1.82, 2.24) is 4.90 Å². The molecule has 0 spiro atoms. The topological polar surface area (TPSA) is 44.7 Å². The van der Waals surface area contributed by atoms with Crippen LogP contribution in [0.25, 0.3) is 5.70 Å². The Morgan fingerprint density at radius 2 is 1.81 bits per heavy atom. The number of thioether (sulfide) groups is 1. The number of carbonyl (C=O) groups excluding carboxylic acids is 1. The molecule has 0 aromatic heterocycles. The number of anilines is 1. The maximum atomic E-state index is 12.3. The van der Waals surface area contributed by atoms with Crippen LogP contribution < -0.4 is 5.32 Å². The van der Waals surface area contributed by atoms with Crippen LogP contribution >= 0.6 is 11.8 Å². The highest BCUT2D eigenvalue weighted by molar-refractivity contribution is 8.16. The summed E-state index contributed by atoms with van der Waals surface area (Å²) in [6, 6.07) is 18.4. The van der Waals surface area contributed by atoms with E-state index in [0.717, 1.165) is 10.9 Å². The summed E-state index contributed by atoms with van der Waals surface area (Å²) in [5.41, 5.74) is 3.90. The number of aliphatic imine (C=N–C) groups is 1. The number of carbonyl (C=O) groups is 1. The van der Waals surface area contributed by atoms with E-state index in [1.807, 2.05) is 42.5 Å². The average molecular weight is 375 g/mol. The van der Waals surface area contributed by atoms with Gasteiger partial charge in [0.15, 0.2) is 5.17 Å². The van der Waals surface area contributed by atoms with Gasteiger partial charge in [0.25, 0.3) is 5.91 Å². The third-order valence-electron chi connectivity index (χ3n) is 5.52. The van der Waals surface area contributed by atoms with Crippen LogP contribution in [0.3, 0.4) is 0 Å². The van der Waals surface area contributed by atoms with E-state index in [2.05, 4.69) is 27.8 Å². The predicted octanol–water partition coefficient (Wildman–Crippen LogP) is 4.97. The molecule has 2 atom stereocenters. The lowest BCUT2D eigenvalue weighted by atomic mass is 9.90. The normalized spacial score (nSPS) is 23.3. The van der Waals surface area contributed by atoms with Gasteiger partial charge in [0, 0.05) is 16.7 Å². The summed E-state index contributed by atoms with van der Waals surface area (Å²) in [5, 5.41) is 6.33. The Balaban J connectivity index is 1.32. The number of nitrogens with zero attached hydrogens (tertiary/aromatic N) is 2. The van der Waals surface area contributed by atoms with Crippen LogP contribution in [-0.4, -0.2) is 28.1 Å². The van der Waals surface area contributed by atoms with E-state index < -0.39 is 0 Å². The van der Waals surface area contributed by atoms with Gasteiger partial charge in [-0.15, -0.1) is 0 Å². The maximum absolute atomic E-state index is 12.3. The number of hydrogen-bond donors (Lipinski definition) is 1. The summed E-state index contributed by atoms with van der Waals surface area (Å²) in [4.78, 5) is 19.7. The molecule has 2 aromatic carbocycles. The molecule has 2 aromatic rings. The SMILES string of the molecule is O=C(Nc1ccc(C2=CSC3=N[C@@H]4CCCC[C@@H]4N23)cc1)c1ccccc1. The molecule has 2 heterocycles. The monoisotopic (exact) mass is 375 g/mol. The molecule has 2 aliphatic heterocycles. The Labute approximate surface area is 163 Å². The van der Waals surface area contributed by atoms with Crippen molar-refractivity contribution in [1.29, 1.82) is 0 Å². The van der Waals surface area contributed by atoms with Gasteiger partial charge >= 0.3 is 0 Å². The zero-order chi connectivity index (χ0) is 18.2. The Hall–Kier alpha value is -2.53. The number of rotatable bonds is 3. The molecule has 1 aliphatic carbocycles. The second-order valence-corrected chi connectivity index (χ2v) is 8.06. The first-order valence-corrected chi connectivity index (χ1v) is 10.4. The van der Waals surface area contributed by atoms with Crippen molar-refractivity contribution in [2.24, 2.45) is 4.99 Å². The molecule has 1 fully saturated rings. The molecular weight excluding hydrogens is 354 g/mol. The van der Waals surface area contributed by atoms with Crippen molar-refractivity contribution in [3.63, 3.8) is 0 Å². The first-order chi connectivity index (χ1) is 13.3. The van der Waals surface area contributed by atoms with Gasteiger partial charge in [-0.25, -0.2) is 0 Å². The smallest absolute Gasteiger partial charge is 0.255 e. The molecule has 0 saturated heterocycles. The van der Waals surface area contributed by atoms with Gasteiger partial charge in [-0.3, -0.25) is 9.79 Å². The highest BCUT2D eigenvalue weighted by atomic mass is 32.2. The van der Waals surface area contributed by atoms with Crippen molar-refractivity contribution in [2.45, 2.75) is 37.8 Å². The van der Waals surface area contributed by atoms with Crippen molar-refractivity contribution in [3.8, 4) is 0 Å². The molecule has 1 amide bonds. The molecule has 1 saturated carbocycles. The highest BCUT2D eigenvalue weighted by Crippen LogP contribution is 2.44. The van der Waals surface area contributed by atoms with Gasteiger partial charge in [-0.1, -0.05) is 54.9 Å². The van der Waals surface area contributed by atoms with E-state index >= 15 is 0 Å². The van der Waals surface area contributed by atoms with Crippen LogP contribution in [0.15, 0.2) is 65.0 Å². The van der Waals surface area contributed by atoms with Crippen molar-refractivity contribution in [2.75, 3.05) is 5.32 Å². The van der Waals surface area contributed by atoms with Crippen molar-refractivity contribution in [3.05, 3.63) is 71.1 Å². The number of hydrogen-bond acceptors (Lipinski definition) is 4. The minimum Gasteiger partial charge on any atom is -0.322 e. The van der Waals surface area contributed by atoms with Gasteiger partial charge < -0.3 is 10.2 Å². The first kappa shape index (κ1) is 16.6. The van der Waals surface area contributed by atoms with E-state index in [1.165, 1.54) is 36.9 Å². The Bertz CT molecular complexity index is 920. The van der Waals surface area contributed by atoms with Crippen LogP contribution in [0.1, 0.15) is 41.6 Å². The van der Waals surface area contributed by atoms with E-state index in [-0.39, 0.29) is 5.91 Å². The summed E-state index contributed by atoms with van der Waals surface area (Å²) >= 11 is 1.74. The minimum absolute atomic E-state index is 0.0852. The lowest BCUT2D eigenvalue weighted by Crippen LogP contribution is -2.38. The van der Waals surface area contributed by atoms with E-state index in [4.69, 9.17) is 4.99 Å². The number of amides is 1. The zero-order valence-corrected chi connectivity index (χ0v) is 15.8. The fraction of sp³-hybridized carbons (Fsp3) is 0.273. The summed E-state index contributed by atoms with van der Waals surface area (Å²) in [7, 11) is 0. The number of fused-ring (bicyclic) bond motifs is 3. The van der Waals surface area contributed by atoms with Gasteiger partial charge in [0.2, 0.25) is 0 Å². The molecule has 5 rings (SSSR count). The predicted molar refractivity (Wildman–Crippen MR) is 112 cm³/mol.